The number of amides is 1. The number of ketones is 3. The van der Waals surface area contributed by atoms with E-state index >= 15 is 0 Å². The second-order valence-corrected chi connectivity index (χ2v) is 9.85. The highest BCUT2D eigenvalue weighted by Crippen LogP contribution is 2.51. The van der Waals surface area contributed by atoms with Crippen molar-refractivity contribution in [3.63, 3.8) is 0 Å². The molecular weight excluding hydrogens is 472 g/mol. The Morgan fingerprint density at radius 3 is 2.44 bits per heavy atom. The molecule has 3 aliphatic rings. The number of nitrogens with zero attached hydrogens (tertiary/aromatic N) is 1. The highest BCUT2D eigenvalue weighted by atomic mass is 16.5. The van der Waals surface area contributed by atoms with Gasteiger partial charge < -0.3 is 30.7 Å². The Labute approximate surface area is 206 Å². The molecule has 192 valence electrons. The summed E-state index contributed by atoms with van der Waals surface area (Å²) >= 11 is 0. The van der Waals surface area contributed by atoms with Crippen molar-refractivity contribution >= 4 is 35.3 Å². The smallest absolute Gasteiger partial charge is 0.330 e. The highest BCUT2D eigenvalue weighted by molar-refractivity contribution is 6.25. The number of likely N-dealkylation sites (N-methyl/N-ethyl adjacent to an activating group) is 1. The minimum Gasteiger partial charge on any atom is -0.507 e. The van der Waals surface area contributed by atoms with E-state index in [-0.39, 0.29) is 24.2 Å². The lowest BCUT2D eigenvalue weighted by Gasteiger charge is -2.54. The quantitative estimate of drug-likeness (QED) is 0.223. The summed E-state index contributed by atoms with van der Waals surface area (Å²) in [7, 11) is 4.37. The minimum absolute atomic E-state index is 0.00499. The average molecular weight is 501 g/mol. The molecule has 0 radical (unpaired) electrons. The Hall–Kier alpha value is -3.41. The predicted octanol–water partition coefficient (Wildman–Crippen LogP) is -1.15. The second kappa shape index (κ2) is 8.91. The third kappa shape index (κ3) is 3.57. The van der Waals surface area contributed by atoms with Gasteiger partial charge in [0.25, 0.3) is 0 Å². The van der Waals surface area contributed by atoms with Gasteiger partial charge in [-0.25, -0.2) is 4.79 Å². The number of aliphatic hydroxyl groups excluding tert-OH is 1. The fourth-order valence-electron chi connectivity index (χ4n) is 6.23. The maximum atomic E-state index is 13.7. The number of hydrogen-bond donors (Lipinski definition) is 4. The average Bonchev–Trinajstić information content (AvgIpc) is 2.80. The van der Waals surface area contributed by atoms with Crippen molar-refractivity contribution in [1.82, 2.24) is 4.90 Å². The predicted molar refractivity (Wildman–Crippen MR) is 123 cm³/mol. The molecule has 0 aliphatic heterocycles. The Bertz CT molecular complexity index is 1210. The standard InChI is InChI=1S/C25H28N2O9/c1-27(2)19-13-9-11-8-12-10(5-7-15(29)36-3)4-6-14(28)17(12)20(30)16(11)22(32)25(13,35)23(33)18(21(19)31)24(26)34/h4-7,11,13,16,18-19,21,28,31,35H,8-9H2,1-3H3,(H2,26,34)/t11-,13-,16?,18?,19-,21?,25-/m1/s1. The van der Waals surface area contributed by atoms with Gasteiger partial charge >= 0.3 is 5.97 Å². The van der Waals surface area contributed by atoms with Crippen molar-refractivity contribution in [2.24, 2.45) is 29.4 Å². The maximum Gasteiger partial charge on any atom is 0.330 e. The van der Waals surface area contributed by atoms with Crippen LogP contribution in [-0.4, -0.2) is 88.4 Å². The van der Waals surface area contributed by atoms with E-state index in [1.807, 2.05) is 0 Å². The molecule has 2 saturated carbocycles. The lowest BCUT2D eigenvalue weighted by Crippen LogP contribution is -2.75. The number of Topliss-reactive ketones (excluding diaryl/α,β-unsaturated/α-hetero) is 3. The SMILES string of the molecule is COC(=O)C=Cc1ccc(O)c2c1C[C@@H]1C[C@@H]3[C@@H](N(C)C)C(O)C(C(N)=O)C(=O)[C@]3(O)C(=O)C1C2=O. The first-order valence-corrected chi connectivity index (χ1v) is 11.5. The van der Waals surface area contributed by atoms with Crippen LogP contribution < -0.4 is 5.73 Å². The molecule has 2 fully saturated rings. The molecule has 0 saturated heterocycles. The number of carbonyl (C=O) groups excluding carboxylic acids is 5. The summed E-state index contributed by atoms with van der Waals surface area (Å²) < 4.78 is 4.60. The zero-order chi connectivity index (χ0) is 26.7. The molecule has 3 unspecified atom stereocenters. The summed E-state index contributed by atoms with van der Waals surface area (Å²) in [5.74, 6) is -10.3. The van der Waals surface area contributed by atoms with Crippen molar-refractivity contribution in [1.29, 1.82) is 0 Å². The van der Waals surface area contributed by atoms with E-state index in [1.54, 1.807) is 14.1 Å². The number of ether oxygens (including phenoxy) is 1. The molecule has 0 heterocycles. The molecule has 1 aromatic carbocycles. The summed E-state index contributed by atoms with van der Waals surface area (Å²) in [6.45, 7) is 0. The highest BCUT2D eigenvalue weighted by Gasteiger charge is 2.69. The van der Waals surface area contributed by atoms with Gasteiger partial charge in [-0.1, -0.05) is 6.07 Å². The van der Waals surface area contributed by atoms with Crippen LogP contribution in [0.3, 0.4) is 0 Å². The molecule has 0 aromatic heterocycles. The first-order valence-electron chi connectivity index (χ1n) is 11.5. The van der Waals surface area contributed by atoms with E-state index in [0.29, 0.717) is 11.1 Å². The third-order valence-electron chi connectivity index (χ3n) is 7.81. The van der Waals surface area contributed by atoms with Crippen LogP contribution in [0.15, 0.2) is 18.2 Å². The summed E-state index contributed by atoms with van der Waals surface area (Å²) in [4.78, 5) is 65.8. The van der Waals surface area contributed by atoms with Gasteiger partial charge in [-0.3, -0.25) is 19.2 Å². The van der Waals surface area contributed by atoms with Gasteiger partial charge in [-0.15, -0.1) is 0 Å². The number of benzene rings is 1. The molecule has 36 heavy (non-hydrogen) atoms. The molecule has 0 spiro atoms. The summed E-state index contributed by atoms with van der Waals surface area (Å²) in [6.07, 6.45) is 1.17. The van der Waals surface area contributed by atoms with E-state index < -0.39 is 70.6 Å². The van der Waals surface area contributed by atoms with Crippen LogP contribution in [0, 0.1) is 23.7 Å². The van der Waals surface area contributed by atoms with Gasteiger partial charge in [-0.2, -0.15) is 0 Å². The van der Waals surface area contributed by atoms with E-state index in [0.717, 1.165) is 6.08 Å². The van der Waals surface area contributed by atoms with Crippen molar-refractivity contribution in [2.45, 2.75) is 30.6 Å². The van der Waals surface area contributed by atoms with E-state index in [9.17, 15) is 39.3 Å². The van der Waals surface area contributed by atoms with Crippen LogP contribution in [-0.2, 0) is 30.3 Å². The summed E-state index contributed by atoms with van der Waals surface area (Å²) in [5.41, 5.74) is 3.40. The summed E-state index contributed by atoms with van der Waals surface area (Å²) in [6, 6.07) is 1.80. The fourth-order valence-corrected chi connectivity index (χ4v) is 6.23. The van der Waals surface area contributed by atoms with Crippen molar-refractivity contribution < 1.29 is 44.0 Å². The number of rotatable bonds is 4. The number of nitrogens with two attached hydrogens (primary N) is 1. The van der Waals surface area contributed by atoms with Gasteiger partial charge in [0.2, 0.25) is 5.91 Å². The number of aromatic hydroxyl groups is 1. The summed E-state index contributed by atoms with van der Waals surface area (Å²) in [5, 5.41) is 32.9. The van der Waals surface area contributed by atoms with Crippen LogP contribution >= 0.6 is 0 Å². The molecule has 0 bridgehead atoms. The maximum absolute atomic E-state index is 13.7. The number of aliphatic hydroxyl groups is 2. The molecule has 11 heteroatoms. The van der Waals surface area contributed by atoms with Gasteiger partial charge in [0, 0.05) is 18.0 Å². The fraction of sp³-hybridized carbons (Fsp3) is 0.480. The molecule has 1 aromatic rings. The van der Waals surface area contributed by atoms with Crippen LogP contribution in [0.5, 0.6) is 5.75 Å². The van der Waals surface area contributed by atoms with Crippen molar-refractivity contribution in [3.8, 4) is 5.75 Å². The second-order valence-electron chi connectivity index (χ2n) is 9.85. The van der Waals surface area contributed by atoms with Gasteiger partial charge in [0.05, 0.1) is 24.7 Å². The largest absolute Gasteiger partial charge is 0.507 e. The Morgan fingerprint density at radius 2 is 1.86 bits per heavy atom. The molecule has 5 N–H and O–H groups in total. The lowest BCUT2D eigenvalue weighted by molar-refractivity contribution is -0.190. The normalized spacial score (nSPS) is 33.8. The minimum atomic E-state index is -2.71. The monoisotopic (exact) mass is 500 g/mol. The third-order valence-corrected chi connectivity index (χ3v) is 7.81. The Balaban J connectivity index is 1.84. The molecular formula is C25H28N2O9. The molecule has 1 amide bonds. The first-order chi connectivity index (χ1) is 16.9. The van der Waals surface area contributed by atoms with Crippen molar-refractivity contribution in [3.05, 3.63) is 34.9 Å². The Morgan fingerprint density at radius 1 is 1.19 bits per heavy atom. The number of phenolic OH excluding ortho intramolecular Hbond substituents is 1. The van der Waals surface area contributed by atoms with Gasteiger partial charge in [0.15, 0.2) is 23.0 Å². The van der Waals surface area contributed by atoms with E-state index in [1.165, 1.54) is 30.2 Å². The first kappa shape index (κ1) is 25.7. The lowest BCUT2D eigenvalue weighted by atomic mass is 9.52. The van der Waals surface area contributed by atoms with Crippen LogP contribution in [0.4, 0.5) is 0 Å². The number of esters is 1. The van der Waals surface area contributed by atoms with Crippen LogP contribution in [0.25, 0.3) is 6.08 Å². The number of fused-ring (bicyclic) bond motifs is 3. The van der Waals surface area contributed by atoms with Gasteiger partial charge in [0.1, 0.15) is 11.7 Å². The zero-order valence-electron chi connectivity index (χ0n) is 20.0. The number of phenols is 1. The topological polar surface area (TPSA) is 185 Å². The number of carbonyl (C=O) groups is 5. The number of hydrogen-bond acceptors (Lipinski definition) is 10. The Kier molecular flexibility index (Phi) is 6.36. The molecule has 3 aliphatic carbocycles. The number of primary amides is 1. The van der Waals surface area contributed by atoms with Gasteiger partial charge in [-0.05, 0) is 56.1 Å². The van der Waals surface area contributed by atoms with E-state index in [4.69, 9.17) is 5.73 Å². The molecule has 11 nitrogen and oxygen atoms in total. The van der Waals surface area contributed by atoms with E-state index in [2.05, 4.69) is 4.74 Å². The van der Waals surface area contributed by atoms with Crippen molar-refractivity contribution in [2.75, 3.05) is 21.2 Å². The molecule has 4 rings (SSSR count). The number of methoxy groups -OCH3 is 1. The van der Waals surface area contributed by atoms with Crippen LogP contribution in [0.2, 0.25) is 0 Å². The van der Waals surface area contributed by atoms with Crippen LogP contribution in [0.1, 0.15) is 27.9 Å². The zero-order valence-corrected chi connectivity index (χ0v) is 20.0. The molecule has 7 atom stereocenters.